The molecule has 1 heterocycles. The number of nitrogens with two attached hydrogens (primary N) is 1. The van der Waals surface area contributed by atoms with Crippen molar-refractivity contribution in [1.29, 1.82) is 0 Å². The quantitative estimate of drug-likeness (QED) is 0.750. The highest BCUT2D eigenvalue weighted by atomic mass is 16.3. The Morgan fingerprint density at radius 1 is 1.44 bits per heavy atom. The third kappa shape index (κ3) is 1.30. The number of fused-ring (bicyclic) bond motifs is 1. The number of para-hydroxylation sites is 1. The molecule has 3 rings (SSSR count). The third-order valence-electron chi connectivity index (χ3n) is 3.61. The van der Waals surface area contributed by atoms with Gasteiger partial charge < -0.3 is 15.7 Å². The van der Waals surface area contributed by atoms with E-state index in [4.69, 9.17) is 5.73 Å². The third-order valence-corrected chi connectivity index (χ3v) is 3.61. The first-order chi connectivity index (χ1) is 7.68. The first kappa shape index (κ1) is 9.66. The van der Waals surface area contributed by atoms with Gasteiger partial charge in [0.1, 0.15) is 5.75 Å². The molecule has 4 nitrogen and oxygen atoms in total. The number of benzene rings is 1. The smallest absolute Gasteiger partial charge is 0.227 e. The van der Waals surface area contributed by atoms with E-state index in [1.165, 1.54) is 0 Å². The molecule has 4 heteroatoms. The number of phenols is 1. The molecule has 16 heavy (non-hydrogen) atoms. The van der Waals surface area contributed by atoms with Gasteiger partial charge in [-0.25, -0.2) is 0 Å². The number of rotatable bonds is 2. The minimum absolute atomic E-state index is 0.0471. The van der Waals surface area contributed by atoms with E-state index in [0.29, 0.717) is 12.5 Å². The Kier molecular flexibility index (Phi) is 1.94. The number of carbonyl (C=O) groups is 1. The van der Waals surface area contributed by atoms with E-state index in [-0.39, 0.29) is 23.6 Å². The summed E-state index contributed by atoms with van der Waals surface area (Å²) in [5.41, 5.74) is 6.55. The Morgan fingerprint density at radius 2 is 2.19 bits per heavy atom. The first-order valence-electron chi connectivity index (χ1n) is 5.49. The van der Waals surface area contributed by atoms with Crippen LogP contribution in [0.5, 0.6) is 5.75 Å². The van der Waals surface area contributed by atoms with Crippen LogP contribution in [0.3, 0.4) is 0 Å². The molecule has 1 amide bonds. The molecule has 3 N–H and O–H groups in total. The number of likely N-dealkylation sites (tertiary alicyclic amines) is 1. The molecule has 1 aliphatic carbocycles. The number of amides is 1. The van der Waals surface area contributed by atoms with Gasteiger partial charge in [-0.1, -0.05) is 18.2 Å². The van der Waals surface area contributed by atoms with Crippen LogP contribution in [-0.4, -0.2) is 28.5 Å². The lowest BCUT2D eigenvalue weighted by Gasteiger charge is -2.19. The molecule has 2 aliphatic rings. The molecular weight excluding hydrogens is 204 g/mol. The summed E-state index contributed by atoms with van der Waals surface area (Å²) >= 11 is 0. The second-order valence-corrected chi connectivity index (χ2v) is 4.61. The van der Waals surface area contributed by atoms with Crippen LogP contribution in [0.4, 0.5) is 0 Å². The molecule has 1 aromatic rings. The molecule has 0 spiro atoms. The zero-order valence-corrected chi connectivity index (χ0v) is 8.84. The average molecular weight is 218 g/mol. The van der Waals surface area contributed by atoms with Gasteiger partial charge in [-0.3, -0.25) is 4.79 Å². The van der Waals surface area contributed by atoms with Crippen LogP contribution in [0.1, 0.15) is 5.56 Å². The summed E-state index contributed by atoms with van der Waals surface area (Å²) < 4.78 is 0. The Labute approximate surface area is 93.7 Å². The summed E-state index contributed by atoms with van der Waals surface area (Å²) in [5.74, 6) is 0.783. The number of phenolic OH excluding ortho intramolecular Hbond substituents is 1. The minimum atomic E-state index is 0.0471. The summed E-state index contributed by atoms with van der Waals surface area (Å²) in [4.78, 5) is 13.6. The lowest BCUT2D eigenvalue weighted by molar-refractivity contribution is -0.130. The highest BCUT2D eigenvalue weighted by Gasteiger charge is 2.59. The monoisotopic (exact) mass is 218 g/mol. The maximum atomic E-state index is 11.8. The average Bonchev–Trinajstić information content (AvgIpc) is 2.76. The molecule has 2 fully saturated rings. The summed E-state index contributed by atoms with van der Waals surface area (Å²) in [6, 6.07) is 7.20. The van der Waals surface area contributed by atoms with Gasteiger partial charge in [0.25, 0.3) is 0 Å². The van der Waals surface area contributed by atoms with Crippen LogP contribution in [-0.2, 0) is 11.3 Å². The van der Waals surface area contributed by atoms with Gasteiger partial charge in [0.05, 0.1) is 5.92 Å². The van der Waals surface area contributed by atoms with Gasteiger partial charge in [0, 0.05) is 30.6 Å². The van der Waals surface area contributed by atoms with Crippen LogP contribution in [0, 0.1) is 11.8 Å². The Hall–Kier alpha value is -1.55. The zero-order valence-electron chi connectivity index (χ0n) is 8.84. The molecule has 1 aliphatic heterocycles. The van der Waals surface area contributed by atoms with Crippen molar-refractivity contribution in [2.45, 2.75) is 12.6 Å². The summed E-state index contributed by atoms with van der Waals surface area (Å²) in [7, 11) is 0. The van der Waals surface area contributed by atoms with E-state index >= 15 is 0 Å². The van der Waals surface area contributed by atoms with Gasteiger partial charge in [0.15, 0.2) is 0 Å². The summed E-state index contributed by atoms with van der Waals surface area (Å²) in [6.45, 7) is 1.23. The predicted molar refractivity (Wildman–Crippen MR) is 58.5 cm³/mol. The second kappa shape index (κ2) is 3.22. The summed E-state index contributed by atoms with van der Waals surface area (Å²) in [6.07, 6.45) is 0. The van der Waals surface area contributed by atoms with Crippen LogP contribution in [0.2, 0.25) is 0 Å². The molecule has 0 bridgehead atoms. The standard InChI is InChI=1S/C12H14N2O2/c13-11-8-6-14(12(16)10(8)11)5-7-3-1-2-4-9(7)15/h1-4,8,10-11,15H,5-6,13H2. The van der Waals surface area contributed by atoms with Crippen molar-refractivity contribution in [2.75, 3.05) is 6.54 Å². The molecule has 0 aromatic heterocycles. The molecule has 84 valence electrons. The van der Waals surface area contributed by atoms with Crippen molar-refractivity contribution in [3.8, 4) is 5.75 Å². The van der Waals surface area contributed by atoms with Crippen molar-refractivity contribution >= 4 is 5.91 Å². The normalized spacial score (nSPS) is 31.7. The summed E-state index contributed by atoms with van der Waals surface area (Å²) in [5, 5.41) is 9.62. The molecule has 1 saturated carbocycles. The molecule has 3 atom stereocenters. The van der Waals surface area contributed by atoms with Gasteiger partial charge in [-0.15, -0.1) is 0 Å². The van der Waals surface area contributed by atoms with Crippen LogP contribution in [0.25, 0.3) is 0 Å². The van der Waals surface area contributed by atoms with Crippen molar-refractivity contribution in [3.63, 3.8) is 0 Å². The van der Waals surface area contributed by atoms with Crippen molar-refractivity contribution < 1.29 is 9.90 Å². The Morgan fingerprint density at radius 3 is 2.81 bits per heavy atom. The van der Waals surface area contributed by atoms with Crippen LogP contribution in [0.15, 0.2) is 24.3 Å². The Bertz CT molecular complexity index is 446. The molecule has 3 unspecified atom stereocenters. The zero-order chi connectivity index (χ0) is 11.3. The lowest BCUT2D eigenvalue weighted by Crippen LogP contribution is -2.32. The van der Waals surface area contributed by atoms with Crippen molar-refractivity contribution in [2.24, 2.45) is 17.6 Å². The Balaban J connectivity index is 1.73. The van der Waals surface area contributed by atoms with E-state index < -0.39 is 0 Å². The molecule has 1 aromatic carbocycles. The molecule has 1 saturated heterocycles. The minimum Gasteiger partial charge on any atom is -0.508 e. The van der Waals surface area contributed by atoms with Crippen LogP contribution < -0.4 is 5.73 Å². The number of carbonyl (C=O) groups excluding carboxylic acids is 1. The largest absolute Gasteiger partial charge is 0.508 e. The van der Waals surface area contributed by atoms with E-state index in [1.54, 1.807) is 17.0 Å². The number of hydrogen-bond acceptors (Lipinski definition) is 3. The predicted octanol–water partition coefficient (Wildman–Crippen LogP) is 0.308. The second-order valence-electron chi connectivity index (χ2n) is 4.61. The molecular formula is C12H14N2O2. The van der Waals surface area contributed by atoms with Gasteiger partial charge >= 0.3 is 0 Å². The number of nitrogens with zero attached hydrogens (tertiary/aromatic N) is 1. The highest BCUT2D eigenvalue weighted by Crippen LogP contribution is 2.45. The SMILES string of the molecule is NC1C2CN(Cc3ccccc3O)C(=O)C12. The fourth-order valence-electron chi connectivity index (χ4n) is 2.53. The number of hydrogen-bond donors (Lipinski definition) is 2. The first-order valence-corrected chi connectivity index (χ1v) is 5.49. The van der Waals surface area contributed by atoms with Gasteiger partial charge in [-0.2, -0.15) is 0 Å². The maximum absolute atomic E-state index is 11.8. The highest BCUT2D eigenvalue weighted by molar-refractivity contribution is 5.86. The van der Waals surface area contributed by atoms with Crippen molar-refractivity contribution in [1.82, 2.24) is 4.90 Å². The van der Waals surface area contributed by atoms with Crippen LogP contribution >= 0.6 is 0 Å². The fraction of sp³-hybridized carbons (Fsp3) is 0.417. The molecule has 0 radical (unpaired) electrons. The maximum Gasteiger partial charge on any atom is 0.227 e. The van der Waals surface area contributed by atoms with Crippen molar-refractivity contribution in [3.05, 3.63) is 29.8 Å². The van der Waals surface area contributed by atoms with E-state index in [1.807, 2.05) is 12.1 Å². The number of aromatic hydroxyl groups is 1. The lowest BCUT2D eigenvalue weighted by atomic mass is 10.2. The van der Waals surface area contributed by atoms with Gasteiger partial charge in [0.2, 0.25) is 5.91 Å². The van der Waals surface area contributed by atoms with E-state index in [9.17, 15) is 9.90 Å². The fourth-order valence-corrected chi connectivity index (χ4v) is 2.53. The topological polar surface area (TPSA) is 66.6 Å². The number of piperidine rings is 1. The van der Waals surface area contributed by atoms with E-state index in [2.05, 4.69) is 0 Å². The van der Waals surface area contributed by atoms with Gasteiger partial charge in [-0.05, 0) is 6.07 Å². The van der Waals surface area contributed by atoms with E-state index in [0.717, 1.165) is 12.1 Å².